The molecule has 5 nitrogen and oxygen atoms in total. The van der Waals surface area contributed by atoms with Crippen LogP contribution in [0.5, 0.6) is 0 Å². The lowest BCUT2D eigenvalue weighted by Crippen LogP contribution is -2.47. The van der Waals surface area contributed by atoms with E-state index in [1.807, 2.05) is 13.8 Å². The van der Waals surface area contributed by atoms with E-state index in [9.17, 15) is 4.79 Å². The van der Waals surface area contributed by atoms with Gasteiger partial charge in [-0.05, 0) is 46.0 Å². The highest BCUT2D eigenvalue weighted by Gasteiger charge is 2.26. The summed E-state index contributed by atoms with van der Waals surface area (Å²) in [7, 11) is 3.41. The summed E-state index contributed by atoms with van der Waals surface area (Å²) < 4.78 is 0. The number of hydrogen-bond donors (Lipinski definition) is 3. The van der Waals surface area contributed by atoms with E-state index in [-0.39, 0.29) is 5.91 Å². The highest BCUT2D eigenvalue weighted by molar-refractivity contribution is 5.84. The lowest BCUT2D eigenvalue weighted by Gasteiger charge is -2.24. The van der Waals surface area contributed by atoms with Crippen LogP contribution >= 0.6 is 0 Å². The van der Waals surface area contributed by atoms with E-state index in [0.29, 0.717) is 6.54 Å². The Morgan fingerprint density at radius 1 is 1.33 bits per heavy atom. The zero-order valence-corrected chi connectivity index (χ0v) is 13.9. The van der Waals surface area contributed by atoms with Gasteiger partial charge in [-0.2, -0.15) is 0 Å². The number of rotatable bonds is 6. The van der Waals surface area contributed by atoms with Gasteiger partial charge in [-0.1, -0.05) is 11.6 Å². The zero-order valence-electron chi connectivity index (χ0n) is 13.9. The Labute approximate surface area is 128 Å². The monoisotopic (exact) mass is 294 g/mol. The van der Waals surface area contributed by atoms with Gasteiger partial charge in [0.2, 0.25) is 5.91 Å². The SMILES string of the molecule is CN=C(NCCC1=CCCCC1)NCC(C)(C)C(=O)NC. The average molecular weight is 294 g/mol. The molecule has 0 fully saturated rings. The number of carbonyl (C=O) groups excluding carboxylic acids is 1. The normalized spacial score (nSPS) is 16.2. The maximum absolute atomic E-state index is 11.7. The minimum Gasteiger partial charge on any atom is -0.359 e. The fourth-order valence-electron chi connectivity index (χ4n) is 2.42. The van der Waals surface area contributed by atoms with E-state index >= 15 is 0 Å². The summed E-state index contributed by atoms with van der Waals surface area (Å²) in [6.45, 7) is 5.26. The summed E-state index contributed by atoms with van der Waals surface area (Å²) in [5.74, 6) is 0.779. The van der Waals surface area contributed by atoms with Crippen LogP contribution in [0.3, 0.4) is 0 Å². The Hall–Kier alpha value is -1.52. The zero-order chi connectivity index (χ0) is 15.7. The minimum atomic E-state index is -0.460. The summed E-state index contributed by atoms with van der Waals surface area (Å²) >= 11 is 0. The van der Waals surface area contributed by atoms with Crippen molar-refractivity contribution in [2.24, 2.45) is 10.4 Å². The van der Waals surface area contributed by atoms with Crippen LogP contribution in [0.25, 0.3) is 0 Å². The van der Waals surface area contributed by atoms with Crippen molar-refractivity contribution in [1.82, 2.24) is 16.0 Å². The molecule has 1 aliphatic rings. The van der Waals surface area contributed by atoms with Crippen molar-refractivity contribution >= 4 is 11.9 Å². The third-order valence-electron chi connectivity index (χ3n) is 3.89. The second-order valence-electron chi connectivity index (χ2n) is 6.17. The Balaban J connectivity index is 2.32. The number of nitrogens with one attached hydrogen (secondary N) is 3. The lowest BCUT2D eigenvalue weighted by molar-refractivity contribution is -0.128. The first kappa shape index (κ1) is 17.5. The summed E-state index contributed by atoms with van der Waals surface area (Å²) in [6.07, 6.45) is 8.55. The summed E-state index contributed by atoms with van der Waals surface area (Å²) in [4.78, 5) is 15.9. The van der Waals surface area contributed by atoms with Crippen molar-refractivity contribution in [1.29, 1.82) is 0 Å². The van der Waals surface area contributed by atoms with E-state index in [1.165, 1.54) is 25.7 Å². The largest absolute Gasteiger partial charge is 0.359 e. The third-order valence-corrected chi connectivity index (χ3v) is 3.89. The summed E-state index contributed by atoms with van der Waals surface area (Å²) in [5.41, 5.74) is 1.09. The summed E-state index contributed by atoms with van der Waals surface area (Å²) in [5, 5.41) is 9.22. The molecule has 0 spiro atoms. The molecule has 0 aromatic rings. The van der Waals surface area contributed by atoms with E-state index in [0.717, 1.165) is 18.9 Å². The molecular formula is C16H30N4O. The molecule has 0 saturated heterocycles. The quantitative estimate of drug-likeness (QED) is 0.398. The topological polar surface area (TPSA) is 65.5 Å². The fraction of sp³-hybridized carbons (Fsp3) is 0.750. The standard InChI is InChI=1S/C16H30N4O/c1-16(2,14(21)17-3)12-20-15(18-4)19-11-10-13-8-6-5-7-9-13/h8H,5-7,9-12H2,1-4H3,(H,17,21)(H2,18,19,20). The number of nitrogens with zero attached hydrogens (tertiary/aromatic N) is 1. The molecule has 0 saturated carbocycles. The van der Waals surface area contributed by atoms with E-state index in [1.54, 1.807) is 19.7 Å². The number of allylic oxidation sites excluding steroid dienone is 1. The van der Waals surface area contributed by atoms with Gasteiger partial charge in [0.1, 0.15) is 0 Å². The van der Waals surface area contributed by atoms with Crippen molar-refractivity contribution < 1.29 is 4.79 Å². The molecule has 0 unspecified atom stereocenters. The van der Waals surface area contributed by atoms with Crippen molar-refractivity contribution in [2.45, 2.75) is 46.0 Å². The first-order chi connectivity index (χ1) is 9.99. The predicted molar refractivity (Wildman–Crippen MR) is 88.4 cm³/mol. The fourth-order valence-corrected chi connectivity index (χ4v) is 2.42. The Kier molecular flexibility index (Phi) is 7.26. The molecule has 0 radical (unpaired) electrons. The highest BCUT2D eigenvalue weighted by atomic mass is 16.2. The number of carbonyl (C=O) groups is 1. The first-order valence-corrected chi connectivity index (χ1v) is 7.84. The molecule has 0 bridgehead atoms. The molecule has 0 aromatic heterocycles. The lowest BCUT2D eigenvalue weighted by atomic mass is 9.92. The maximum atomic E-state index is 11.7. The average Bonchev–Trinajstić information content (AvgIpc) is 2.50. The highest BCUT2D eigenvalue weighted by Crippen LogP contribution is 2.19. The Morgan fingerprint density at radius 3 is 2.67 bits per heavy atom. The number of amides is 1. The van der Waals surface area contributed by atoms with Crippen molar-refractivity contribution in [3.63, 3.8) is 0 Å². The van der Waals surface area contributed by atoms with Gasteiger partial charge >= 0.3 is 0 Å². The minimum absolute atomic E-state index is 0.0258. The second-order valence-corrected chi connectivity index (χ2v) is 6.17. The third kappa shape index (κ3) is 6.19. The van der Waals surface area contributed by atoms with Crippen LogP contribution in [0.2, 0.25) is 0 Å². The van der Waals surface area contributed by atoms with Crippen LogP contribution in [0.4, 0.5) is 0 Å². The van der Waals surface area contributed by atoms with E-state index < -0.39 is 5.41 Å². The number of hydrogen-bond acceptors (Lipinski definition) is 2. The van der Waals surface area contributed by atoms with Gasteiger partial charge in [0.25, 0.3) is 0 Å². The molecule has 1 rings (SSSR count). The van der Waals surface area contributed by atoms with Crippen LogP contribution in [0, 0.1) is 5.41 Å². The van der Waals surface area contributed by atoms with E-state index in [2.05, 4.69) is 27.0 Å². The van der Waals surface area contributed by atoms with Gasteiger partial charge in [-0.25, -0.2) is 0 Å². The van der Waals surface area contributed by atoms with Gasteiger partial charge < -0.3 is 16.0 Å². The number of aliphatic imine (C=N–C) groups is 1. The molecule has 0 aliphatic heterocycles. The second kappa shape index (κ2) is 8.70. The molecule has 3 N–H and O–H groups in total. The number of guanidine groups is 1. The molecule has 1 aliphatic carbocycles. The molecule has 120 valence electrons. The molecule has 0 heterocycles. The van der Waals surface area contributed by atoms with Crippen LogP contribution < -0.4 is 16.0 Å². The Morgan fingerprint density at radius 2 is 2.10 bits per heavy atom. The molecule has 1 amide bonds. The van der Waals surface area contributed by atoms with Gasteiger partial charge in [0.15, 0.2) is 5.96 Å². The van der Waals surface area contributed by atoms with Crippen LogP contribution in [-0.4, -0.2) is 39.1 Å². The van der Waals surface area contributed by atoms with Gasteiger partial charge in [0.05, 0.1) is 5.41 Å². The summed E-state index contributed by atoms with van der Waals surface area (Å²) in [6, 6.07) is 0. The molecule has 0 aromatic carbocycles. The first-order valence-electron chi connectivity index (χ1n) is 7.84. The van der Waals surface area contributed by atoms with Crippen LogP contribution in [0.15, 0.2) is 16.6 Å². The predicted octanol–water partition coefficient (Wildman–Crippen LogP) is 1.81. The van der Waals surface area contributed by atoms with Crippen LogP contribution in [0.1, 0.15) is 46.0 Å². The van der Waals surface area contributed by atoms with Crippen molar-refractivity contribution in [3.8, 4) is 0 Å². The molecule has 21 heavy (non-hydrogen) atoms. The van der Waals surface area contributed by atoms with Crippen molar-refractivity contribution in [3.05, 3.63) is 11.6 Å². The Bertz CT molecular complexity index is 399. The van der Waals surface area contributed by atoms with Gasteiger partial charge in [-0.15, -0.1) is 0 Å². The molecular weight excluding hydrogens is 264 g/mol. The van der Waals surface area contributed by atoms with Crippen molar-refractivity contribution in [2.75, 3.05) is 27.2 Å². The van der Waals surface area contributed by atoms with Gasteiger partial charge in [-0.3, -0.25) is 9.79 Å². The molecule has 0 atom stereocenters. The van der Waals surface area contributed by atoms with Crippen LogP contribution in [-0.2, 0) is 4.79 Å². The van der Waals surface area contributed by atoms with E-state index in [4.69, 9.17) is 0 Å². The van der Waals surface area contributed by atoms with Gasteiger partial charge in [0, 0.05) is 27.2 Å². The maximum Gasteiger partial charge on any atom is 0.227 e. The molecule has 5 heteroatoms. The smallest absolute Gasteiger partial charge is 0.227 e.